The first kappa shape index (κ1) is 18.1. The molecule has 0 radical (unpaired) electrons. The lowest BCUT2D eigenvalue weighted by molar-refractivity contribution is 0.0600. The van der Waals surface area contributed by atoms with Crippen LogP contribution in [0.1, 0.15) is 26.3 Å². The van der Waals surface area contributed by atoms with Crippen molar-refractivity contribution >= 4 is 40.1 Å². The standard InChI is InChI=1S/C18H15N3O3S2/c1-24-16(23)14-9-5-8-13(10-14)15(22)19-17-20-21-18(26-17)25-11-12-6-3-2-4-7-12/h2-10H,11H2,1H3,(H,19,20,22). The normalized spacial score (nSPS) is 10.3. The number of benzene rings is 2. The van der Waals surface area contributed by atoms with E-state index in [0.29, 0.717) is 16.3 Å². The number of carbonyl (C=O) groups excluding carboxylic acids is 2. The van der Waals surface area contributed by atoms with Crippen LogP contribution in [0.2, 0.25) is 0 Å². The molecule has 2 aromatic carbocycles. The van der Waals surface area contributed by atoms with Gasteiger partial charge < -0.3 is 4.74 Å². The van der Waals surface area contributed by atoms with Crippen LogP contribution in [-0.2, 0) is 10.5 Å². The average Bonchev–Trinajstić information content (AvgIpc) is 3.14. The Bertz CT molecular complexity index is 913. The van der Waals surface area contributed by atoms with Gasteiger partial charge in [-0.2, -0.15) is 0 Å². The lowest BCUT2D eigenvalue weighted by Crippen LogP contribution is -2.13. The highest BCUT2D eigenvalue weighted by molar-refractivity contribution is 8.00. The Kier molecular flexibility index (Phi) is 5.98. The van der Waals surface area contributed by atoms with Crippen molar-refractivity contribution in [3.05, 3.63) is 71.3 Å². The van der Waals surface area contributed by atoms with Crippen LogP contribution in [0, 0.1) is 0 Å². The molecule has 0 aliphatic carbocycles. The number of anilines is 1. The Labute approximate surface area is 158 Å². The summed E-state index contributed by atoms with van der Waals surface area (Å²) >= 11 is 2.87. The first-order valence-corrected chi connectivity index (χ1v) is 9.46. The van der Waals surface area contributed by atoms with Crippen molar-refractivity contribution in [1.29, 1.82) is 0 Å². The predicted molar refractivity (Wildman–Crippen MR) is 102 cm³/mol. The number of rotatable bonds is 6. The van der Waals surface area contributed by atoms with Gasteiger partial charge in [0.25, 0.3) is 5.91 Å². The first-order valence-electron chi connectivity index (χ1n) is 7.65. The van der Waals surface area contributed by atoms with Gasteiger partial charge in [-0.05, 0) is 23.8 Å². The summed E-state index contributed by atoms with van der Waals surface area (Å²) in [5, 5.41) is 11.2. The van der Waals surface area contributed by atoms with Crippen molar-refractivity contribution in [1.82, 2.24) is 10.2 Å². The quantitative estimate of drug-likeness (QED) is 0.394. The van der Waals surface area contributed by atoms with Crippen molar-refractivity contribution in [3.63, 3.8) is 0 Å². The van der Waals surface area contributed by atoms with Gasteiger partial charge >= 0.3 is 5.97 Å². The molecule has 1 N–H and O–H groups in total. The van der Waals surface area contributed by atoms with Crippen molar-refractivity contribution in [2.24, 2.45) is 0 Å². The highest BCUT2D eigenvalue weighted by atomic mass is 32.2. The van der Waals surface area contributed by atoms with E-state index in [1.54, 1.807) is 30.0 Å². The van der Waals surface area contributed by atoms with Gasteiger partial charge in [0.2, 0.25) is 5.13 Å². The Morgan fingerprint density at radius 1 is 1.08 bits per heavy atom. The molecule has 0 fully saturated rings. The van der Waals surface area contributed by atoms with Crippen LogP contribution in [0.15, 0.2) is 58.9 Å². The van der Waals surface area contributed by atoms with Crippen molar-refractivity contribution < 1.29 is 14.3 Å². The van der Waals surface area contributed by atoms with E-state index >= 15 is 0 Å². The molecule has 0 unspecified atom stereocenters. The minimum Gasteiger partial charge on any atom is -0.465 e. The third-order valence-electron chi connectivity index (χ3n) is 3.38. The molecule has 132 valence electrons. The van der Waals surface area contributed by atoms with Crippen LogP contribution >= 0.6 is 23.1 Å². The van der Waals surface area contributed by atoms with Crippen molar-refractivity contribution in [2.45, 2.75) is 10.1 Å². The molecular formula is C18H15N3O3S2. The zero-order valence-electron chi connectivity index (χ0n) is 13.8. The third-order valence-corrected chi connectivity index (χ3v) is 5.42. The number of esters is 1. The van der Waals surface area contributed by atoms with Crippen LogP contribution in [0.25, 0.3) is 0 Å². The molecule has 0 saturated carbocycles. The topological polar surface area (TPSA) is 81.2 Å². The molecule has 8 heteroatoms. The summed E-state index contributed by atoms with van der Waals surface area (Å²) in [5.74, 6) is -0.0633. The molecule has 1 heterocycles. The first-order chi connectivity index (χ1) is 12.7. The number of carbonyl (C=O) groups is 2. The molecule has 0 spiro atoms. The summed E-state index contributed by atoms with van der Waals surface area (Å²) in [7, 11) is 1.30. The van der Waals surface area contributed by atoms with E-state index in [4.69, 9.17) is 0 Å². The second-order valence-corrected chi connectivity index (χ2v) is 7.37. The largest absolute Gasteiger partial charge is 0.465 e. The number of hydrogen-bond donors (Lipinski definition) is 1. The number of thioether (sulfide) groups is 1. The number of nitrogens with zero attached hydrogens (tertiary/aromatic N) is 2. The summed E-state index contributed by atoms with van der Waals surface area (Å²) in [5.41, 5.74) is 1.86. The monoisotopic (exact) mass is 385 g/mol. The van der Waals surface area contributed by atoms with Gasteiger partial charge in [-0.3, -0.25) is 10.1 Å². The zero-order valence-corrected chi connectivity index (χ0v) is 15.5. The van der Waals surface area contributed by atoms with Crippen LogP contribution in [0.4, 0.5) is 5.13 Å². The van der Waals surface area contributed by atoms with E-state index < -0.39 is 5.97 Å². The fourth-order valence-corrected chi connectivity index (χ4v) is 3.82. The van der Waals surface area contributed by atoms with Crippen molar-refractivity contribution in [3.8, 4) is 0 Å². The number of ether oxygens (including phenoxy) is 1. The fraction of sp³-hybridized carbons (Fsp3) is 0.111. The smallest absolute Gasteiger partial charge is 0.337 e. The Morgan fingerprint density at radius 2 is 1.85 bits per heavy atom. The maximum Gasteiger partial charge on any atom is 0.337 e. The van der Waals surface area contributed by atoms with E-state index in [2.05, 4.69) is 20.3 Å². The summed E-state index contributed by atoms with van der Waals surface area (Å²) in [6.07, 6.45) is 0. The molecule has 0 aliphatic rings. The molecule has 26 heavy (non-hydrogen) atoms. The summed E-state index contributed by atoms with van der Waals surface area (Å²) in [6.45, 7) is 0. The van der Waals surface area contributed by atoms with Gasteiger partial charge in [0.05, 0.1) is 12.7 Å². The zero-order chi connectivity index (χ0) is 18.4. The highest BCUT2D eigenvalue weighted by Gasteiger charge is 2.13. The summed E-state index contributed by atoms with van der Waals surface area (Å²) in [4.78, 5) is 23.9. The van der Waals surface area contributed by atoms with Gasteiger partial charge in [-0.1, -0.05) is 59.5 Å². The van der Waals surface area contributed by atoms with Gasteiger partial charge in [-0.25, -0.2) is 4.79 Å². The lowest BCUT2D eigenvalue weighted by Gasteiger charge is -2.03. The number of amides is 1. The van der Waals surface area contributed by atoms with Gasteiger partial charge in [0.1, 0.15) is 0 Å². The number of aromatic nitrogens is 2. The molecule has 1 aromatic heterocycles. The minimum atomic E-state index is -0.491. The molecule has 0 atom stereocenters. The molecule has 0 aliphatic heterocycles. The molecule has 1 amide bonds. The number of hydrogen-bond acceptors (Lipinski definition) is 7. The molecule has 0 saturated heterocycles. The molecule has 6 nitrogen and oxygen atoms in total. The minimum absolute atomic E-state index is 0.316. The third kappa shape index (κ3) is 4.68. The fourth-order valence-electron chi connectivity index (χ4n) is 2.11. The number of nitrogens with one attached hydrogen (secondary N) is 1. The van der Waals surface area contributed by atoms with Crippen LogP contribution in [0.3, 0.4) is 0 Å². The van der Waals surface area contributed by atoms with Crippen LogP contribution < -0.4 is 5.32 Å². The van der Waals surface area contributed by atoms with E-state index in [0.717, 1.165) is 10.1 Å². The Hall–Kier alpha value is -2.71. The maximum absolute atomic E-state index is 12.3. The number of methoxy groups -OCH3 is 1. The van der Waals surface area contributed by atoms with E-state index in [-0.39, 0.29) is 5.91 Å². The van der Waals surface area contributed by atoms with E-state index in [1.807, 2.05) is 30.3 Å². The molecule has 0 bridgehead atoms. The maximum atomic E-state index is 12.3. The van der Waals surface area contributed by atoms with Crippen LogP contribution in [-0.4, -0.2) is 29.2 Å². The predicted octanol–water partition coefficient (Wildman–Crippen LogP) is 3.87. The van der Waals surface area contributed by atoms with Gasteiger partial charge in [0, 0.05) is 11.3 Å². The van der Waals surface area contributed by atoms with Gasteiger partial charge in [-0.15, -0.1) is 10.2 Å². The lowest BCUT2D eigenvalue weighted by atomic mass is 10.1. The Morgan fingerprint density at radius 3 is 2.62 bits per heavy atom. The van der Waals surface area contributed by atoms with E-state index in [9.17, 15) is 9.59 Å². The molecule has 3 aromatic rings. The SMILES string of the molecule is COC(=O)c1cccc(C(=O)Nc2nnc(SCc3ccccc3)s2)c1. The second-order valence-electron chi connectivity index (χ2n) is 5.17. The molecule has 3 rings (SSSR count). The van der Waals surface area contributed by atoms with Crippen LogP contribution in [0.5, 0.6) is 0 Å². The molecular weight excluding hydrogens is 370 g/mol. The van der Waals surface area contributed by atoms with Gasteiger partial charge in [0.15, 0.2) is 4.34 Å². The summed E-state index contributed by atoms with van der Waals surface area (Å²) < 4.78 is 5.43. The van der Waals surface area contributed by atoms with E-state index in [1.165, 1.54) is 30.1 Å². The van der Waals surface area contributed by atoms with Crippen molar-refractivity contribution in [2.75, 3.05) is 12.4 Å². The Balaban J connectivity index is 1.62. The summed E-state index contributed by atoms with van der Waals surface area (Å²) in [6, 6.07) is 16.4. The highest BCUT2D eigenvalue weighted by Crippen LogP contribution is 2.28. The average molecular weight is 385 g/mol. The second kappa shape index (κ2) is 8.59.